The fourth-order valence-corrected chi connectivity index (χ4v) is 6.37. The summed E-state index contributed by atoms with van der Waals surface area (Å²) in [4.78, 5) is 0. The smallest absolute Gasteiger partial charge is 0.253 e. The van der Waals surface area contributed by atoms with Crippen LogP contribution in [0.5, 0.6) is 0 Å². The number of morpholine rings is 1. The molecule has 1 aromatic rings. The summed E-state index contributed by atoms with van der Waals surface area (Å²) in [7, 11) is -3.47. The third-order valence-corrected chi connectivity index (χ3v) is 7.43. The molecule has 1 atom stereocenters. The van der Waals surface area contributed by atoms with Gasteiger partial charge in [-0.2, -0.15) is 4.31 Å². The van der Waals surface area contributed by atoms with Gasteiger partial charge in [0.15, 0.2) is 0 Å². The van der Waals surface area contributed by atoms with Crippen LogP contribution in [0.1, 0.15) is 25.8 Å². The van der Waals surface area contributed by atoms with Gasteiger partial charge in [-0.1, -0.05) is 0 Å². The van der Waals surface area contributed by atoms with Gasteiger partial charge in [0.1, 0.15) is 9.81 Å². The van der Waals surface area contributed by atoms with E-state index in [1.165, 1.54) is 11.3 Å². The van der Waals surface area contributed by atoms with Crippen molar-refractivity contribution < 1.29 is 17.9 Å². The minimum absolute atomic E-state index is 0.369. The van der Waals surface area contributed by atoms with Gasteiger partial charge in [-0.3, -0.25) is 0 Å². The number of aryl methyl sites for hydroxylation is 1. The fraction of sp³-hybridized carbons (Fsp3) is 0.714. The monoisotopic (exact) mass is 331 g/mol. The number of hydrogen-bond acceptors (Lipinski definition) is 5. The van der Waals surface area contributed by atoms with Crippen molar-refractivity contribution in [3.05, 3.63) is 17.0 Å². The average molecular weight is 331 g/mol. The Balaban J connectivity index is 1.96. The summed E-state index contributed by atoms with van der Waals surface area (Å²) in [5.74, 6) is 0. The predicted molar refractivity (Wildman–Crippen MR) is 81.1 cm³/mol. The Morgan fingerprint density at radius 2 is 2.10 bits per heavy atom. The second-order valence-corrected chi connectivity index (χ2v) is 9.56. The van der Waals surface area contributed by atoms with Crippen molar-refractivity contribution in [3.63, 3.8) is 0 Å². The normalized spacial score (nSPS) is 30.0. The molecule has 5 nitrogen and oxygen atoms in total. The molecule has 3 heterocycles. The Kier molecular flexibility index (Phi) is 3.69. The van der Waals surface area contributed by atoms with Crippen molar-refractivity contribution in [1.82, 2.24) is 4.31 Å². The maximum absolute atomic E-state index is 12.9. The van der Waals surface area contributed by atoms with Crippen molar-refractivity contribution in [3.8, 4) is 0 Å². The number of sulfonamides is 1. The van der Waals surface area contributed by atoms with Crippen LogP contribution in [0.2, 0.25) is 0 Å². The van der Waals surface area contributed by atoms with E-state index in [9.17, 15) is 8.42 Å². The van der Waals surface area contributed by atoms with Gasteiger partial charge < -0.3 is 9.47 Å². The molecule has 0 aromatic carbocycles. The third-order valence-electron chi connectivity index (χ3n) is 3.97. The van der Waals surface area contributed by atoms with Crippen molar-refractivity contribution in [2.24, 2.45) is 0 Å². The summed E-state index contributed by atoms with van der Waals surface area (Å²) in [5.41, 5.74) is -0.203. The van der Waals surface area contributed by atoms with E-state index in [4.69, 9.17) is 9.47 Å². The lowest BCUT2D eigenvalue weighted by Crippen LogP contribution is -2.61. The Hall–Kier alpha value is -0.470. The number of nitrogens with zero attached hydrogens (tertiary/aromatic N) is 1. The molecule has 0 amide bonds. The minimum Gasteiger partial charge on any atom is -0.378 e. The molecule has 2 fully saturated rings. The van der Waals surface area contributed by atoms with Crippen molar-refractivity contribution in [1.29, 1.82) is 0 Å². The maximum atomic E-state index is 12.9. The highest BCUT2D eigenvalue weighted by atomic mass is 32.2. The van der Waals surface area contributed by atoms with E-state index in [-0.39, 0.29) is 0 Å². The second kappa shape index (κ2) is 5.03. The zero-order chi connectivity index (χ0) is 15.3. The highest BCUT2D eigenvalue weighted by molar-refractivity contribution is 7.91. The van der Waals surface area contributed by atoms with Crippen LogP contribution in [0.25, 0.3) is 0 Å². The summed E-state index contributed by atoms with van der Waals surface area (Å²) in [6.07, 6.45) is 0.742. The Morgan fingerprint density at radius 3 is 2.67 bits per heavy atom. The average Bonchev–Trinajstić information content (AvgIpc) is 2.97. The molecule has 0 radical (unpaired) electrons. The van der Waals surface area contributed by atoms with Gasteiger partial charge in [-0.15, -0.1) is 11.3 Å². The van der Waals surface area contributed by atoms with Gasteiger partial charge in [-0.05, 0) is 37.8 Å². The van der Waals surface area contributed by atoms with Crippen molar-refractivity contribution >= 4 is 21.4 Å². The minimum atomic E-state index is -3.47. The van der Waals surface area contributed by atoms with Crippen molar-refractivity contribution in [2.45, 2.75) is 42.6 Å². The SMILES string of the molecule is Cc1ccsc1S(=O)(=O)N1CC(C)(C)OC2(CCOC2)C1. The first-order valence-electron chi connectivity index (χ1n) is 7.06. The Morgan fingerprint density at radius 1 is 1.33 bits per heavy atom. The van der Waals surface area contributed by atoms with E-state index in [0.717, 1.165) is 12.0 Å². The number of ether oxygens (including phenoxy) is 2. The van der Waals surface area contributed by atoms with E-state index >= 15 is 0 Å². The summed E-state index contributed by atoms with van der Waals surface area (Å²) in [6.45, 7) is 7.55. The molecule has 1 aromatic heterocycles. The van der Waals surface area contributed by atoms with Crippen molar-refractivity contribution in [2.75, 3.05) is 26.3 Å². The van der Waals surface area contributed by atoms with E-state index in [1.807, 2.05) is 32.2 Å². The van der Waals surface area contributed by atoms with Gasteiger partial charge in [0, 0.05) is 26.1 Å². The predicted octanol–water partition coefficient (Wildman–Crippen LogP) is 2.02. The third kappa shape index (κ3) is 2.77. The zero-order valence-electron chi connectivity index (χ0n) is 12.6. The molecular formula is C14H21NO4S2. The first-order chi connectivity index (χ1) is 9.74. The molecule has 7 heteroatoms. The van der Waals surface area contributed by atoms with Gasteiger partial charge in [0.05, 0.1) is 12.2 Å². The number of rotatable bonds is 2. The summed E-state index contributed by atoms with van der Waals surface area (Å²) < 4.78 is 39.5. The van der Waals surface area contributed by atoms with Crippen LogP contribution in [-0.4, -0.2) is 50.2 Å². The molecule has 0 N–H and O–H groups in total. The van der Waals surface area contributed by atoms with Gasteiger partial charge in [-0.25, -0.2) is 8.42 Å². The van der Waals surface area contributed by atoms with Gasteiger partial charge >= 0.3 is 0 Å². The van der Waals surface area contributed by atoms with Gasteiger partial charge in [0.2, 0.25) is 0 Å². The van der Waals surface area contributed by atoms with Crippen LogP contribution in [0, 0.1) is 6.92 Å². The number of thiophene rings is 1. The highest BCUT2D eigenvalue weighted by Gasteiger charge is 2.50. The quantitative estimate of drug-likeness (QED) is 0.832. The molecule has 1 spiro atoms. The van der Waals surface area contributed by atoms with E-state index in [0.29, 0.717) is 30.5 Å². The van der Waals surface area contributed by atoms with Crippen LogP contribution in [-0.2, 0) is 19.5 Å². The zero-order valence-corrected chi connectivity index (χ0v) is 14.2. The lowest BCUT2D eigenvalue weighted by molar-refractivity contribution is -0.180. The molecule has 118 valence electrons. The van der Waals surface area contributed by atoms with Crippen LogP contribution in [0.3, 0.4) is 0 Å². The summed E-state index contributed by atoms with van der Waals surface area (Å²) in [6, 6.07) is 1.84. The molecule has 21 heavy (non-hydrogen) atoms. The maximum Gasteiger partial charge on any atom is 0.253 e. The van der Waals surface area contributed by atoms with E-state index < -0.39 is 21.2 Å². The molecule has 0 aliphatic carbocycles. The summed E-state index contributed by atoms with van der Waals surface area (Å²) >= 11 is 1.28. The van der Waals surface area contributed by atoms with Gasteiger partial charge in [0.25, 0.3) is 10.0 Å². The first kappa shape index (κ1) is 15.4. The van der Waals surface area contributed by atoms with Crippen LogP contribution < -0.4 is 0 Å². The topological polar surface area (TPSA) is 55.8 Å². The second-order valence-electron chi connectivity index (χ2n) is 6.51. The van der Waals surface area contributed by atoms with Crippen LogP contribution in [0.15, 0.2) is 15.7 Å². The molecular weight excluding hydrogens is 310 g/mol. The molecule has 3 rings (SSSR count). The summed E-state index contributed by atoms with van der Waals surface area (Å²) in [5, 5.41) is 1.82. The molecule has 2 saturated heterocycles. The largest absolute Gasteiger partial charge is 0.378 e. The molecule has 2 aliphatic rings. The molecule has 0 saturated carbocycles. The van der Waals surface area contributed by atoms with E-state index in [1.54, 1.807) is 4.31 Å². The molecule has 1 unspecified atom stereocenters. The van der Waals surface area contributed by atoms with Crippen LogP contribution in [0.4, 0.5) is 0 Å². The molecule has 2 aliphatic heterocycles. The lowest BCUT2D eigenvalue weighted by Gasteiger charge is -2.47. The number of hydrogen-bond donors (Lipinski definition) is 0. The Labute approximate surface area is 129 Å². The van der Waals surface area contributed by atoms with E-state index in [2.05, 4.69) is 0 Å². The lowest BCUT2D eigenvalue weighted by atomic mass is 9.97. The standard InChI is InChI=1S/C14H21NO4S2/c1-11-4-7-20-12(11)21(16,17)15-8-13(2,3)19-14(9-15)5-6-18-10-14/h4,7H,5-6,8-10H2,1-3H3. The Bertz CT molecular complexity index is 629. The molecule has 0 bridgehead atoms. The highest BCUT2D eigenvalue weighted by Crippen LogP contribution is 2.38. The van der Waals surface area contributed by atoms with Crippen LogP contribution >= 0.6 is 11.3 Å². The fourth-order valence-electron chi connectivity index (χ4n) is 3.16. The first-order valence-corrected chi connectivity index (χ1v) is 9.38.